The molecule has 19 heavy (non-hydrogen) atoms. The number of hydrogen-bond acceptors (Lipinski definition) is 4. The van der Waals surface area contributed by atoms with E-state index in [9.17, 15) is 19.2 Å². The Balaban J connectivity index is 2.10. The molecule has 0 saturated carbocycles. The molecule has 0 radical (unpaired) electrons. The first-order chi connectivity index (χ1) is 8.99. The number of amides is 3. The highest BCUT2D eigenvalue weighted by molar-refractivity contribution is 5.95. The Bertz CT molecular complexity index is 436. The fourth-order valence-electron chi connectivity index (χ4n) is 2.35. The summed E-state index contributed by atoms with van der Waals surface area (Å²) in [6.07, 6.45) is 0.230. The number of carbonyl (C=O) groups is 4. The van der Waals surface area contributed by atoms with Crippen LogP contribution in [-0.4, -0.2) is 58.9 Å². The van der Waals surface area contributed by atoms with Crippen molar-refractivity contribution < 1.29 is 24.3 Å². The van der Waals surface area contributed by atoms with Gasteiger partial charge in [-0.25, -0.2) is 0 Å². The van der Waals surface area contributed by atoms with Gasteiger partial charge in [0.2, 0.25) is 17.7 Å². The largest absolute Gasteiger partial charge is 0.481 e. The second kappa shape index (κ2) is 5.25. The van der Waals surface area contributed by atoms with Gasteiger partial charge in [0.15, 0.2) is 0 Å². The van der Waals surface area contributed by atoms with Crippen LogP contribution in [0, 0.1) is 0 Å². The molecule has 2 saturated heterocycles. The Kier molecular flexibility index (Phi) is 3.68. The van der Waals surface area contributed by atoms with E-state index in [4.69, 9.17) is 5.11 Å². The fraction of sp³-hybridized carbons (Fsp3) is 0.636. The molecule has 2 heterocycles. The number of nitrogens with zero attached hydrogens (tertiary/aromatic N) is 1. The van der Waals surface area contributed by atoms with Gasteiger partial charge in [-0.2, -0.15) is 0 Å². The summed E-state index contributed by atoms with van der Waals surface area (Å²) in [7, 11) is 0. The van der Waals surface area contributed by atoms with Gasteiger partial charge in [-0.05, 0) is 6.42 Å². The van der Waals surface area contributed by atoms with E-state index >= 15 is 0 Å². The van der Waals surface area contributed by atoms with Gasteiger partial charge in [-0.1, -0.05) is 0 Å². The summed E-state index contributed by atoms with van der Waals surface area (Å²) in [5.41, 5.74) is 0. The van der Waals surface area contributed by atoms with E-state index in [0.717, 1.165) is 0 Å². The summed E-state index contributed by atoms with van der Waals surface area (Å²) in [6, 6.07) is -1.65. The first-order valence-corrected chi connectivity index (χ1v) is 6.08. The lowest BCUT2D eigenvalue weighted by molar-refractivity contribution is -0.149. The molecular weight excluding hydrogens is 254 g/mol. The normalized spacial score (nSPS) is 26.8. The van der Waals surface area contributed by atoms with Crippen molar-refractivity contribution in [3.63, 3.8) is 0 Å². The minimum absolute atomic E-state index is 0.199. The number of carboxylic acid groups (broad SMARTS) is 1. The van der Waals surface area contributed by atoms with Crippen LogP contribution in [0.25, 0.3) is 0 Å². The summed E-state index contributed by atoms with van der Waals surface area (Å²) in [5.74, 6) is -2.19. The van der Waals surface area contributed by atoms with Gasteiger partial charge >= 0.3 is 5.97 Å². The maximum atomic E-state index is 12.2. The summed E-state index contributed by atoms with van der Waals surface area (Å²) in [6.45, 7) is 0.552. The van der Waals surface area contributed by atoms with Crippen LogP contribution >= 0.6 is 0 Å². The van der Waals surface area contributed by atoms with Gasteiger partial charge in [0.25, 0.3) is 0 Å². The maximum absolute atomic E-state index is 12.2. The number of rotatable bonds is 3. The molecule has 2 atom stereocenters. The Labute approximate surface area is 109 Å². The molecule has 2 rings (SSSR count). The maximum Gasteiger partial charge on any atom is 0.305 e. The average Bonchev–Trinajstić information content (AvgIpc) is 2.77. The molecule has 3 N–H and O–H groups in total. The molecule has 1 unspecified atom stereocenters. The van der Waals surface area contributed by atoms with Crippen molar-refractivity contribution in [3.8, 4) is 0 Å². The van der Waals surface area contributed by atoms with Crippen molar-refractivity contribution in [2.45, 2.75) is 31.3 Å². The van der Waals surface area contributed by atoms with E-state index in [-0.39, 0.29) is 24.8 Å². The van der Waals surface area contributed by atoms with Gasteiger partial charge in [-0.3, -0.25) is 19.2 Å². The molecule has 2 aliphatic rings. The molecule has 0 aromatic rings. The zero-order valence-electron chi connectivity index (χ0n) is 10.2. The van der Waals surface area contributed by atoms with E-state index in [1.54, 1.807) is 0 Å². The highest BCUT2D eigenvalue weighted by Gasteiger charge is 2.39. The van der Waals surface area contributed by atoms with Crippen LogP contribution < -0.4 is 10.6 Å². The second-order valence-corrected chi connectivity index (χ2v) is 4.60. The van der Waals surface area contributed by atoms with Gasteiger partial charge in [-0.15, -0.1) is 0 Å². The van der Waals surface area contributed by atoms with Crippen molar-refractivity contribution >= 4 is 23.7 Å². The predicted molar refractivity (Wildman–Crippen MR) is 61.9 cm³/mol. The van der Waals surface area contributed by atoms with Crippen LogP contribution in [0.15, 0.2) is 0 Å². The molecule has 0 aromatic heterocycles. The second-order valence-electron chi connectivity index (χ2n) is 4.60. The molecule has 0 aliphatic carbocycles. The monoisotopic (exact) mass is 269 g/mol. The quantitative estimate of drug-likeness (QED) is 0.551. The van der Waals surface area contributed by atoms with Crippen molar-refractivity contribution in [2.24, 2.45) is 0 Å². The van der Waals surface area contributed by atoms with Crippen molar-refractivity contribution in [1.29, 1.82) is 0 Å². The number of aliphatic carboxylic acids is 1. The molecular formula is C11H15N3O5. The molecule has 8 nitrogen and oxygen atoms in total. The third-order valence-electron chi connectivity index (χ3n) is 3.28. The Morgan fingerprint density at radius 2 is 2.11 bits per heavy atom. The van der Waals surface area contributed by atoms with E-state index in [1.165, 1.54) is 4.90 Å². The lowest BCUT2D eigenvalue weighted by Crippen LogP contribution is -2.60. The van der Waals surface area contributed by atoms with E-state index in [2.05, 4.69) is 10.6 Å². The molecule has 104 valence electrons. The van der Waals surface area contributed by atoms with Crippen LogP contribution in [0.3, 0.4) is 0 Å². The highest BCUT2D eigenvalue weighted by Crippen LogP contribution is 2.15. The van der Waals surface area contributed by atoms with Crippen LogP contribution in [0.5, 0.6) is 0 Å². The molecule has 0 aromatic carbocycles. The van der Waals surface area contributed by atoms with E-state index in [1.807, 2.05) is 0 Å². The molecule has 0 bridgehead atoms. The zero-order chi connectivity index (χ0) is 14.0. The van der Waals surface area contributed by atoms with Crippen LogP contribution in [-0.2, 0) is 19.2 Å². The SMILES string of the molecule is O=C(O)CC1C(=O)NCCN1C(=O)[C@H]1CCC(=O)N1. The van der Waals surface area contributed by atoms with Crippen molar-refractivity contribution in [3.05, 3.63) is 0 Å². The van der Waals surface area contributed by atoms with E-state index < -0.39 is 30.4 Å². The average molecular weight is 269 g/mol. The number of piperazine rings is 1. The molecule has 3 amide bonds. The third-order valence-corrected chi connectivity index (χ3v) is 3.28. The van der Waals surface area contributed by atoms with Crippen molar-refractivity contribution in [1.82, 2.24) is 15.5 Å². The topological polar surface area (TPSA) is 116 Å². The first kappa shape index (κ1) is 13.3. The minimum atomic E-state index is -1.14. The highest BCUT2D eigenvalue weighted by atomic mass is 16.4. The molecule has 2 aliphatic heterocycles. The Morgan fingerprint density at radius 1 is 1.37 bits per heavy atom. The van der Waals surface area contributed by atoms with E-state index in [0.29, 0.717) is 13.0 Å². The molecule has 0 spiro atoms. The van der Waals surface area contributed by atoms with Crippen LogP contribution in [0.2, 0.25) is 0 Å². The number of hydrogen-bond donors (Lipinski definition) is 3. The predicted octanol–water partition coefficient (Wildman–Crippen LogP) is -1.93. The molecule has 8 heteroatoms. The first-order valence-electron chi connectivity index (χ1n) is 6.08. The van der Waals surface area contributed by atoms with Crippen molar-refractivity contribution in [2.75, 3.05) is 13.1 Å². The standard InChI is InChI=1S/C11H15N3O5/c15-8-2-1-6(13-8)11(19)14-4-3-12-10(18)7(14)5-9(16)17/h6-7H,1-5H2,(H,12,18)(H,13,15)(H,16,17)/t6-,7?/m1/s1. The summed E-state index contributed by atoms with van der Waals surface area (Å²) in [5, 5.41) is 13.9. The fourth-order valence-corrected chi connectivity index (χ4v) is 2.35. The lowest BCUT2D eigenvalue weighted by atomic mass is 10.1. The summed E-state index contributed by atoms with van der Waals surface area (Å²) < 4.78 is 0. The smallest absolute Gasteiger partial charge is 0.305 e. The van der Waals surface area contributed by atoms with Gasteiger partial charge < -0.3 is 20.6 Å². The Hall–Kier alpha value is -2.12. The third kappa shape index (κ3) is 2.83. The lowest BCUT2D eigenvalue weighted by Gasteiger charge is -2.35. The summed E-state index contributed by atoms with van der Waals surface area (Å²) >= 11 is 0. The zero-order valence-corrected chi connectivity index (χ0v) is 10.2. The molecule has 2 fully saturated rings. The number of carboxylic acids is 1. The Morgan fingerprint density at radius 3 is 2.68 bits per heavy atom. The minimum Gasteiger partial charge on any atom is -0.481 e. The number of carbonyl (C=O) groups excluding carboxylic acids is 3. The van der Waals surface area contributed by atoms with Crippen LogP contribution in [0.4, 0.5) is 0 Å². The van der Waals surface area contributed by atoms with Gasteiger partial charge in [0.05, 0.1) is 6.42 Å². The van der Waals surface area contributed by atoms with Gasteiger partial charge in [0.1, 0.15) is 12.1 Å². The van der Waals surface area contributed by atoms with Gasteiger partial charge in [0, 0.05) is 19.5 Å². The summed E-state index contributed by atoms with van der Waals surface area (Å²) in [4.78, 5) is 47.0. The van der Waals surface area contributed by atoms with Crippen LogP contribution in [0.1, 0.15) is 19.3 Å². The number of nitrogens with one attached hydrogen (secondary N) is 2.